The molecule has 1 heterocycles. The van der Waals surface area contributed by atoms with Gasteiger partial charge in [-0.2, -0.15) is 0 Å². The summed E-state index contributed by atoms with van der Waals surface area (Å²) in [6.07, 6.45) is 3.02. The van der Waals surface area contributed by atoms with Crippen molar-refractivity contribution in [2.45, 2.75) is 60.5 Å². The van der Waals surface area contributed by atoms with Crippen LogP contribution in [-0.4, -0.2) is 24.9 Å². The average Bonchev–Trinajstić information content (AvgIpc) is 2.26. The van der Waals surface area contributed by atoms with E-state index in [0.29, 0.717) is 6.10 Å². The number of aliphatic hydroxyl groups excluding tert-OH is 1. The third-order valence-corrected chi connectivity index (χ3v) is 1.75. The molecular weight excluding hydrogens is 176 g/mol. The Hall–Kier alpha value is -0.0800. The maximum Gasteiger partial charge on any atom is 0.0549 e. The molecule has 1 saturated heterocycles. The molecule has 0 radical (unpaired) electrons. The lowest BCUT2D eigenvalue weighted by Crippen LogP contribution is -2.20. The molecule has 1 aliphatic heterocycles. The lowest BCUT2D eigenvalue weighted by Gasteiger charge is -2.23. The zero-order chi connectivity index (χ0) is 12.0. The van der Waals surface area contributed by atoms with Crippen molar-refractivity contribution < 1.29 is 9.84 Å². The van der Waals surface area contributed by atoms with Gasteiger partial charge in [0.25, 0.3) is 0 Å². The van der Waals surface area contributed by atoms with Crippen molar-refractivity contribution in [3.8, 4) is 0 Å². The summed E-state index contributed by atoms with van der Waals surface area (Å²) in [5.41, 5.74) is 0. The Bertz CT molecular complexity index is 66.7. The van der Waals surface area contributed by atoms with Crippen molar-refractivity contribution in [2.24, 2.45) is 5.92 Å². The van der Waals surface area contributed by atoms with Gasteiger partial charge in [-0.15, -0.1) is 0 Å². The van der Waals surface area contributed by atoms with E-state index >= 15 is 0 Å². The molecule has 0 saturated carbocycles. The SMILES string of the molecule is CC.CC.CC1CCOC(C)C1.CO. The number of hydrogen-bond acceptors (Lipinski definition) is 2. The standard InChI is InChI=1S/C7H14O.2C2H6.CH4O/c1-6-3-4-8-7(2)5-6;3*1-2/h6-7H,3-5H2,1-2H3;2*1-2H3;2H,1H3. The summed E-state index contributed by atoms with van der Waals surface area (Å²) in [6.45, 7) is 13.4. The molecule has 1 N–H and O–H groups in total. The van der Waals surface area contributed by atoms with Gasteiger partial charge in [0.05, 0.1) is 6.10 Å². The van der Waals surface area contributed by atoms with Crippen molar-refractivity contribution in [3.05, 3.63) is 0 Å². The summed E-state index contributed by atoms with van der Waals surface area (Å²) in [4.78, 5) is 0. The van der Waals surface area contributed by atoms with E-state index in [4.69, 9.17) is 9.84 Å². The Labute approximate surface area is 90.7 Å². The van der Waals surface area contributed by atoms with Gasteiger partial charge in [-0.05, 0) is 25.7 Å². The van der Waals surface area contributed by atoms with E-state index < -0.39 is 0 Å². The van der Waals surface area contributed by atoms with Crippen molar-refractivity contribution >= 4 is 0 Å². The molecule has 90 valence electrons. The molecule has 2 nitrogen and oxygen atoms in total. The van der Waals surface area contributed by atoms with Gasteiger partial charge in [-0.1, -0.05) is 34.6 Å². The second-order valence-electron chi connectivity index (χ2n) is 2.81. The van der Waals surface area contributed by atoms with Crippen LogP contribution in [-0.2, 0) is 4.74 Å². The molecule has 1 fully saturated rings. The summed E-state index contributed by atoms with van der Waals surface area (Å²) >= 11 is 0. The van der Waals surface area contributed by atoms with Crippen molar-refractivity contribution in [3.63, 3.8) is 0 Å². The van der Waals surface area contributed by atoms with Gasteiger partial charge in [-0.25, -0.2) is 0 Å². The first-order chi connectivity index (χ1) is 6.79. The Morgan fingerprint density at radius 3 is 1.64 bits per heavy atom. The Balaban J connectivity index is -0.000000174. The average molecular weight is 206 g/mol. The van der Waals surface area contributed by atoms with Gasteiger partial charge >= 0.3 is 0 Å². The fourth-order valence-electron chi connectivity index (χ4n) is 1.22. The first kappa shape index (κ1) is 19.5. The predicted octanol–water partition coefficient (Wildman–Crippen LogP) is 3.48. The van der Waals surface area contributed by atoms with Crippen LogP contribution in [0.25, 0.3) is 0 Å². The number of rotatable bonds is 0. The highest BCUT2D eigenvalue weighted by atomic mass is 16.5. The van der Waals surface area contributed by atoms with E-state index in [1.54, 1.807) is 0 Å². The topological polar surface area (TPSA) is 29.5 Å². The van der Waals surface area contributed by atoms with Crippen LogP contribution in [0.4, 0.5) is 0 Å². The normalized spacial score (nSPS) is 24.0. The molecule has 0 bridgehead atoms. The molecule has 2 atom stereocenters. The molecular formula is C12H30O2. The largest absolute Gasteiger partial charge is 0.400 e. The summed E-state index contributed by atoms with van der Waals surface area (Å²) in [5, 5.41) is 7.00. The van der Waals surface area contributed by atoms with Crippen molar-refractivity contribution in [1.29, 1.82) is 0 Å². The van der Waals surface area contributed by atoms with Crippen molar-refractivity contribution in [1.82, 2.24) is 0 Å². The van der Waals surface area contributed by atoms with Gasteiger partial charge in [0.2, 0.25) is 0 Å². The Morgan fingerprint density at radius 1 is 1.00 bits per heavy atom. The van der Waals surface area contributed by atoms with Crippen LogP contribution in [0.1, 0.15) is 54.4 Å². The highest BCUT2D eigenvalue weighted by Crippen LogP contribution is 2.18. The number of ether oxygens (including phenoxy) is 1. The van der Waals surface area contributed by atoms with E-state index in [1.807, 2.05) is 27.7 Å². The second kappa shape index (κ2) is 18.7. The number of hydrogen-bond donors (Lipinski definition) is 1. The van der Waals surface area contributed by atoms with Gasteiger partial charge < -0.3 is 9.84 Å². The summed E-state index contributed by atoms with van der Waals surface area (Å²) in [7, 11) is 1.00. The third-order valence-electron chi connectivity index (χ3n) is 1.75. The highest BCUT2D eigenvalue weighted by molar-refractivity contribution is 4.63. The molecule has 0 amide bonds. The van der Waals surface area contributed by atoms with Crippen LogP contribution in [0.2, 0.25) is 0 Å². The van der Waals surface area contributed by atoms with Gasteiger partial charge in [0.15, 0.2) is 0 Å². The summed E-state index contributed by atoms with van der Waals surface area (Å²) in [5.74, 6) is 0.888. The van der Waals surface area contributed by atoms with E-state index in [2.05, 4.69) is 13.8 Å². The minimum atomic E-state index is 0.513. The van der Waals surface area contributed by atoms with E-state index in [9.17, 15) is 0 Å². The van der Waals surface area contributed by atoms with Crippen LogP contribution in [0.15, 0.2) is 0 Å². The molecule has 0 aliphatic carbocycles. The summed E-state index contributed by atoms with van der Waals surface area (Å²) < 4.78 is 5.35. The van der Waals surface area contributed by atoms with E-state index in [1.165, 1.54) is 12.8 Å². The quantitative estimate of drug-likeness (QED) is 0.657. The molecule has 2 unspecified atom stereocenters. The van der Waals surface area contributed by atoms with Gasteiger partial charge in [0, 0.05) is 13.7 Å². The smallest absolute Gasteiger partial charge is 0.0549 e. The fourth-order valence-corrected chi connectivity index (χ4v) is 1.22. The van der Waals surface area contributed by atoms with Gasteiger partial charge in [0.1, 0.15) is 0 Å². The fraction of sp³-hybridized carbons (Fsp3) is 1.00. The van der Waals surface area contributed by atoms with Crippen LogP contribution < -0.4 is 0 Å². The molecule has 0 spiro atoms. The Kier molecular flexibility index (Phi) is 26.0. The molecule has 1 aliphatic rings. The number of aliphatic hydroxyl groups is 1. The summed E-state index contributed by atoms with van der Waals surface area (Å²) in [6, 6.07) is 0. The zero-order valence-corrected chi connectivity index (χ0v) is 11.1. The first-order valence-corrected chi connectivity index (χ1v) is 5.85. The maximum absolute atomic E-state index is 7.00. The minimum Gasteiger partial charge on any atom is -0.400 e. The highest BCUT2D eigenvalue weighted by Gasteiger charge is 2.13. The molecule has 2 heteroatoms. The van der Waals surface area contributed by atoms with Crippen molar-refractivity contribution in [2.75, 3.05) is 13.7 Å². The van der Waals surface area contributed by atoms with Crippen LogP contribution in [0.5, 0.6) is 0 Å². The van der Waals surface area contributed by atoms with Crippen LogP contribution in [0.3, 0.4) is 0 Å². The first-order valence-electron chi connectivity index (χ1n) is 5.85. The maximum atomic E-state index is 7.00. The van der Waals surface area contributed by atoms with Crippen LogP contribution in [0, 0.1) is 5.92 Å². The lowest BCUT2D eigenvalue weighted by molar-refractivity contribution is 0.00682. The molecule has 1 rings (SSSR count). The third kappa shape index (κ3) is 14.4. The minimum absolute atomic E-state index is 0.513. The van der Waals surface area contributed by atoms with Crippen LogP contribution >= 0.6 is 0 Å². The lowest BCUT2D eigenvalue weighted by atomic mass is 9.99. The second-order valence-corrected chi connectivity index (χ2v) is 2.81. The zero-order valence-electron chi connectivity index (χ0n) is 11.1. The Morgan fingerprint density at radius 2 is 1.43 bits per heavy atom. The molecule has 0 aromatic heterocycles. The van der Waals surface area contributed by atoms with E-state index in [0.717, 1.165) is 19.6 Å². The molecule has 14 heavy (non-hydrogen) atoms. The monoisotopic (exact) mass is 206 g/mol. The predicted molar refractivity (Wildman–Crippen MR) is 64.7 cm³/mol. The molecule has 0 aromatic carbocycles. The molecule has 0 aromatic rings. The van der Waals surface area contributed by atoms with E-state index in [-0.39, 0.29) is 0 Å². The van der Waals surface area contributed by atoms with Gasteiger partial charge in [-0.3, -0.25) is 0 Å².